The molecule has 181 valence electrons. The summed E-state index contributed by atoms with van der Waals surface area (Å²) in [4.78, 5) is 16.8. The van der Waals surface area contributed by atoms with Gasteiger partial charge in [-0.15, -0.1) is 35.9 Å². The zero-order valence-electron chi connectivity index (χ0n) is 20.3. The number of para-hydroxylation sites is 1. The molecule has 5 heteroatoms. The van der Waals surface area contributed by atoms with Crippen molar-refractivity contribution < 1.29 is 30.0 Å². The number of fused-ring (bicyclic) bond motifs is 1. The van der Waals surface area contributed by atoms with Crippen LogP contribution in [0.15, 0.2) is 78.3 Å². The van der Waals surface area contributed by atoms with E-state index < -0.39 is 0 Å². The van der Waals surface area contributed by atoms with Crippen molar-refractivity contribution in [2.45, 2.75) is 53.4 Å². The smallest absolute Gasteiger partial charge is 0.168 e. The number of allylic oxidation sites excluding steroid dienone is 2. The molecule has 1 heterocycles. The van der Waals surface area contributed by atoms with Gasteiger partial charge in [-0.25, -0.2) is 0 Å². The SMILES string of the molecule is CC1(C)CCC2CCC(C)(C)C(O)=C2C1=O.[Ir].[c-]1ccccc1-c1nccn1-c1ccccc1. The molecule has 1 unspecified atom stereocenters. The Morgan fingerprint density at radius 2 is 1.62 bits per heavy atom. The largest absolute Gasteiger partial charge is 0.511 e. The molecule has 1 fully saturated rings. The van der Waals surface area contributed by atoms with Gasteiger partial charge in [-0.2, -0.15) is 0 Å². The van der Waals surface area contributed by atoms with Gasteiger partial charge >= 0.3 is 0 Å². The van der Waals surface area contributed by atoms with Crippen LogP contribution in [-0.2, 0) is 24.9 Å². The van der Waals surface area contributed by atoms with Gasteiger partial charge in [0.15, 0.2) is 5.78 Å². The summed E-state index contributed by atoms with van der Waals surface area (Å²) in [5.41, 5.74) is 2.36. The Bertz CT molecular complexity index is 1090. The molecule has 34 heavy (non-hydrogen) atoms. The van der Waals surface area contributed by atoms with Gasteiger partial charge in [0.05, 0.1) is 5.82 Å². The number of rotatable bonds is 2. The zero-order valence-corrected chi connectivity index (χ0v) is 22.7. The van der Waals surface area contributed by atoms with Crippen LogP contribution in [0.1, 0.15) is 53.4 Å². The van der Waals surface area contributed by atoms with Crippen molar-refractivity contribution in [2.75, 3.05) is 0 Å². The molecule has 4 nitrogen and oxygen atoms in total. The number of hydrogen-bond acceptors (Lipinski definition) is 3. The number of hydrogen-bond donors (Lipinski definition) is 1. The number of Topliss-reactive ketones (excluding diaryl/α,β-unsaturated/α-hetero) is 1. The first-order valence-corrected chi connectivity index (χ1v) is 11.7. The minimum Gasteiger partial charge on any atom is -0.511 e. The summed E-state index contributed by atoms with van der Waals surface area (Å²) >= 11 is 0. The quantitative estimate of drug-likeness (QED) is 0.311. The first kappa shape index (κ1) is 26.1. The first-order chi connectivity index (χ1) is 15.7. The Morgan fingerprint density at radius 3 is 2.26 bits per heavy atom. The van der Waals surface area contributed by atoms with Crippen LogP contribution in [0, 0.1) is 22.8 Å². The fourth-order valence-electron chi connectivity index (χ4n) is 4.78. The summed E-state index contributed by atoms with van der Waals surface area (Å²) < 4.78 is 2.06. The van der Waals surface area contributed by atoms with Gasteiger partial charge in [-0.1, -0.05) is 45.9 Å². The maximum absolute atomic E-state index is 12.4. The van der Waals surface area contributed by atoms with Crippen LogP contribution < -0.4 is 0 Å². The molecule has 1 aromatic heterocycles. The van der Waals surface area contributed by atoms with Gasteiger partial charge in [-0.05, 0) is 43.7 Å². The maximum Gasteiger partial charge on any atom is 0.168 e. The van der Waals surface area contributed by atoms with E-state index in [1.54, 1.807) is 0 Å². The summed E-state index contributed by atoms with van der Waals surface area (Å²) in [5, 5.41) is 10.3. The molecule has 1 saturated carbocycles. The molecule has 0 amide bonds. The number of ketones is 1. The first-order valence-electron chi connectivity index (χ1n) is 11.7. The second-order valence-electron chi connectivity index (χ2n) is 10.4. The number of carbonyl (C=O) groups excluding carboxylic acids is 1. The van der Waals surface area contributed by atoms with E-state index in [9.17, 15) is 9.90 Å². The van der Waals surface area contributed by atoms with Crippen molar-refractivity contribution in [1.82, 2.24) is 9.55 Å². The topological polar surface area (TPSA) is 55.1 Å². The molecular weight excluding hydrogens is 601 g/mol. The summed E-state index contributed by atoms with van der Waals surface area (Å²) in [6, 6.07) is 21.2. The number of aromatic nitrogens is 2. The van der Waals surface area contributed by atoms with E-state index in [-0.39, 0.29) is 36.7 Å². The van der Waals surface area contributed by atoms with Gasteiger partial charge in [0.2, 0.25) is 0 Å². The normalized spacial score (nSPS) is 20.5. The fraction of sp³-hybridized carbons (Fsp3) is 0.379. The number of carbonyl (C=O) groups is 1. The molecule has 2 aliphatic rings. The van der Waals surface area contributed by atoms with Crippen LogP contribution in [0.5, 0.6) is 0 Å². The Kier molecular flexibility index (Phi) is 8.00. The zero-order chi connectivity index (χ0) is 23.6. The molecular formula is C29H33IrN2O2-. The molecule has 0 bridgehead atoms. The minimum absolute atomic E-state index is 0. The molecule has 3 aromatic rings. The van der Waals surface area contributed by atoms with Crippen molar-refractivity contribution in [2.24, 2.45) is 16.7 Å². The average molecular weight is 634 g/mol. The average Bonchev–Trinajstić information content (AvgIpc) is 3.31. The van der Waals surface area contributed by atoms with E-state index in [1.165, 1.54) is 0 Å². The van der Waals surface area contributed by atoms with E-state index in [1.807, 2.05) is 82.6 Å². The molecule has 5 rings (SSSR count). The van der Waals surface area contributed by atoms with E-state index in [2.05, 4.69) is 27.8 Å². The summed E-state index contributed by atoms with van der Waals surface area (Å²) in [6.07, 6.45) is 7.81. The second-order valence-corrected chi connectivity index (χ2v) is 10.4. The summed E-state index contributed by atoms with van der Waals surface area (Å²) in [7, 11) is 0. The third-order valence-electron chi connectivity index (χ3n) is 7.02. The van der Waals surface area contributed by atoms with Gasteiger partial charge in [0, 0.05) is 54.6 Å². The van der Waals surface area contributed by atoms with E-state index in [0.717, 1.165) is 48.3 Å². The Hall–Kier alpha value is -2.49. The predicted molar refractivity (Wildman–Crippen MR) is 132 cm³/mol. The fourth-order valence-corrected chi connectivity index (χ4v) is 4.78. The number of aliphatic hydroxyl groups excluding tert-OH is 1. The van der Waals surface area contributed by atoms with Gasteiger partial charge in [0.1, 0.15) is 5.76 Å². The number of aliphatic hydroxyl groups is 1. The maximum atomic E-state index is 12.4. The van der Waals surface area contributed by atoms with E-state index in [4.69, 9.17) is 0 Å². The Morgan fingerprint density at radius 1 is 0.971 bits per heavy atom. The number of benzene rings is 2. The standard InChI is InChI=1S/C15H11N2.C14H22O2.Ir/c1-3-7-13(8-4-1)15-16-11-12-17(15)14-9-5-2-6-10-14;1-13(2)7-5-9-6-8-14(3,4)12(16)10(9)11(13)15;/h1-7,9-12H;9,15H,5-8H2,1-4H3;/q-1;;. The predicted octanol–water partition coefficient (Wildman–Crippen LogP) is 6.96. The molecule has 1 atom stereocenters. The molecule has 1 radical (unpaired) electrons. The second kappa shape index (κ2) is 10.4. The van der Waals surface area contributed by atoms with Crippen molar-refractivity contribution in [3.05, 3.63) is 84.4 Å². The van der Waals surface area contributed by atoms with Crippen molar-refractivity contribution in [3.8, 4) is 17.1 Å². The van der Waals surface area contributed by atoms with E-state index in [0.29, 0.717) is 11.7 Å². The van der Waals surface area contributed by atoms with Crippen LogP contribution in [0.2, 0.25) is 0 Å². The third kappa shape index (κ3) is 5.26. The van der Waals surface area contributed by atoms with Crippen LogP contribution in [-0.4, -0.2) is 20.4 Å². The van der Waals surface area contributed by atoms with Crippen LogP contribution in [0.3, 0.4) is 0 Å². The van der Waals surface area contributed by atoms with Crippen LogP contribution >= 0.6 is 0 Å². The Labute approximate surface area is 216 Å². The summed E-state index contributed by atoms with van der Waals surface area (Å²) in [6.45, 7) is 8.04. The van der Waals surface area contributed by atoms with Crippen LogP contribution in [0.4, 0.5) is 0 Å². The molecule has 0 spiro atoms. The minimum atomic E-state index is -0.284. The molecule has 0 saturated heterocycles. The van der Waals surface area contributed by atoms with Gasteiger partial charge in [0.25, 0.3) is 0 Å². The van der Waals surface area contributed by atoms with Crippen LogP contribution in [0.25, 0.3) is 17.1 Å². The van der Waals surface area contributed by atoms with Crippen molar-refractivity contribution in [1.29, 1.82) is 0 Å². The summed E-state index contributed by atoms with van der Waals surface area (Å²) in [5.74, 6) is 1.76. The van der Waals surface area contributed by atoms with Crippen molar-refractivity contribution >= 4 is 5.78 Å². The molecule has 2 aromatic carbocycles. The van der Waals surface area contributed by atoms with Gasteiger partial charge in [-0.3, -0.25) is 9.78 Å². The molecule has 1 N–H and O–H groups in total. The Balaban J connectivity index is 0.000000186. The van der Waals surface area contributed by atoms with E-state index >= 15 is 0 Å². The van der Waals surface area contributed by atoms with Crippen molar-refractivity contribution in [3.63, 3.8) is 0 Å². The third-order valence-corrected chi connectivity index (χ3v) is 7.02. The van der Waals surface area contributed by atoms with Gasteiger partial charge < -0.3 is 9.67 Å². The number of imidazole rings is 1. The monoisotopic (exact) mass is 634 g/mol. The number of nitrogens with zero attached hydrogens (tertiary/aromatic N) is 2. The molecule has 2 aliphatic carbocycles. The molecule has 0 aliphatic heterocycles.